The first-order valence-electron chi connectivity index (χ1n) is 2.84. The molecule has 0 unspecified atom stereocenters. The molecular weight excluding hydrogens is 406 g/mol. The number of halogens is 4. The monoisotopic (exact) mass is 408 g/mol. The smallest absolute Gasteiger partial charge is 0.0561 e. The van der Waals surface area contributed by atoms with Crippen LogP contribution in [0.15, 0.2) is 16.6 Å². The maximum Gasteiger partial charge on any atom is 0.0561 e. The average molecular weight is 410 g/mol. The van der Waals surface area contributed by atoms with Crippen molar-refractivity contribution in [3.05, 3.63) is 30.8 Å². The lowest BCUT2D eigenvalue weighted by molar-refractivity contribution is 1.38. The Morgan fingerprint density at radius 1 is 1.45 bits per heavy atom. The summed E-state index contributed by atoms with van der Waals surface area (Å²) in [6.45, 7) is 0. The summed E-state index contributed by atoms with van der Waals surface area (Å²) < 4.78 is 2.14. The van der Waals surface area contributed by atoms with Gasteiger partial charge in [0.05, 0.1) is 5.02 Å². The predicted molar refractivity (Wildman–Crippen MR) is 64.5 cm³/mol. The van der Waals surface area contributed by atoms with Crippen LogP contribution in [0.25, 0.3) is 0 Å². The molecule has 0 aliphatic rings. The summed E-state index contributed by atoms with van der Waals surface area (Å²) in [5, 5.41) is 1.59. The molecule has 0 bridgehead atoms. The van der Waals surface area contributed by atoms with E-state index in [2.05, 4.69) is 60.5 Å². The number of benzene rings is 1. The van der Waals surface area contributed by atoms with Crippen molar-refractivity contribution in [3.63, 3.8) is 0 Å². The van der Waals surface area contributed by atoms with Gasteiger partial charge in [0.15, 0.2) is 0 Å². The van der Waals surface area contributed by atoms with E-state index in [0.717, 1.165) is 18.4 Å². The van der Waals surface area contributed by atoms with Gasteiger partial charge < -0.3 is 0 Å². The normalized spacial score (nSPS) is 10.2. The van der Waals surface area contributed by atoms with Crippen LogP contribution < -0.4 is 0 Å². The summed E-state index contributed by atoms with van der Waals surface area (Å²) in [5.74, 6) is 0. The molecule has 1 aromatic carbocycles. The Morgan fingerprint density at radius 3 is 2.64 bits per heavy atom. The van der Waals surface area contributed by atoms with Crippen LogP contribution >= 0.6 is 66.1 Å². The summed E-state index contributed by atoms with van der Waals surface area (Å²) in [5.41, 5.74) is 1.18. The maximum absolute atomic E-state index is 5.93. The third-order valence-electron chi connectivity index (χ3n) is 1.21. The van der Waals surface area contributed by atoms with E-state index >= 15 is 0 Å². The van der Waals surface area contributed by atoms with Crippen molar-refractivity contribution in [2.24, 2.45) is 0 Å². The van der Waals surface area contributed by atoms with Gasteiger partial charge in [-0.15, -0.1) is 0 Å². The van der Waals surface area contributed by atoms with E-state index in [1.165, 1.54) is 5.56 Å². The van der Waals surface area contributed by atoms with Crippen LogP contribution in [0.4, 0.5) is 0 Å². The van der Waals surface area contributed by atoms with Crippen LogP contribution in [0, 0.1) is 3.57 Å². The molecule has 0 atom stereocenters. The Balaban J connectivity index is 3.24. The first-order valence-corrected chi connectivity index (χ1v) is 6.21. The van der Waals surface area contributed by atoms with E-state index in [4.69, 9.17) is 11.6 Å². The highest BCUT2D eigenvalue weighted by Crippen LogP contribution is 2.29. The molecule has 1 aromatic rings. The molecule has 0 nitrogen and oxygen atoms in total. The van der Waals surface area contributed by atoms with Gasteiger partial charge in [-0.25, -0.2) is 0 Å². The van der Waals surface area contributed by atoms with Crippen molar-refractivity contribution in [1.29, 1.82) is 0 Å². The molecule has 4 heteroatoms. The number of hydrogen-bond acceptors (Lipinski definition) is 0. The fourth-order valence-electron chi connectivity index (χ4n) is 0.707. The van der Waals surface area contributed by atoms with Crippen LogP contribution in [0.5, 0.6) is 0 Å². The van der Waals surface area contributed by atoms with Crippen LogP contribution in [-0.4, -0.2) is 0 Å². The van der Waals surface area contributed by atoms with Crippen molar-refractivity contribution in [1.82, 2.24) is 0 Å². The molecule has 0 saturated heterocycles. The van der Waals surface area contributed by atoms with Crippen molar-refractivity contribution in [2.75, 3.05) is 0 Å². The van der Waals surface area contributed by atoms with Gasteiger partial charge in [-0.1, -0.05) is 27.5 Å². The van der Waals surface area contributed by atoms with Gasteiger partial charge in [0.25, 0.3) is 0 Å². The molecule has 0 aliphatic carbocycles. The molecule has 0 amide bonds. The molecule has 0 aliphatic heterocycles. The minimum absolute atomic E-state index is 0.770. The van der Waals surface area contributed by atoms with Gasteiger partial charge in [0.2, 0.25) is 0 Å². The maximum atomic E-state index is 5.93. The predicted octanol–water partition coefficient (Wildman–Crippen LogP) is 4.60. The summed E-state index contributed by atoms with van der Waals surface area (Å²) in [6, 6.07) is 4.02. The minimum Gasteiger partial charge on any atom is -0.0876 e. The van der Waals surface area contributed by atoms with Crippen molar-refractivity contribution < 1.29 is 0 Å². The second kappa shape index (κ2) is 4.44. The highest BCUT2D eigenvalue weighted by atomic mass is 127. The van der Waals surface area contributed by atoms with Crippen LogP contribution in [-0.2, 0) is 5.33 Å². The zero-order valence-electron chi connectivity index (χ0n) is 5.37. The fourth-order valence-corrected chi connectivity index (χ4v) is 3.00. The second-order valence-corrected chi connectivity index (χ2v) is 5.00. The summed E-state index contributed by atoms with van der Waals surface area (Å²) in [7, 11) is 0. The van der Waals surface area contributed by atoms with Crippen LogP contribution in [0.3, 0.4) is 0 Å². The van der Waals surface area contributed by atoms with Gasteiger partial charge in [-0.3, -0.25) is 0 Å². The van der Waals surface area contributed by atoms with Gasteiger partial charge >= 0.3 is 0 Å². The summed E-state index contributed by atoms with van der Waals surface area (Å²) in [4.78, 5) is 0. The lowest BCUT2D eigenvalue weighted by Gasteiger charge is -2.02. The molecule has 60 valence electrons. The minimum atomic E-state index is 0.770. The van der Waals surface area contributed by atoms with Crippen molar-refractivity contribution in [3.8, 4) is 0 Å². The summed E-state index contributed by atoms with van der Waals surface area (Å²) in [6.07, 6.45) is 0. The Labute approximate surface area is 101 Å². The van der Waals surface area contributed by atoms with E-state index in [0.29, 0.717) is 0 Å². The van der Waals surface area contributed by atoms with Crippen LogP contribution in [0.2, 0.25) is 5.02 Å². The van der Waals surface area contributed by atoms with E-state index in [1.54, 1.807) is 0 Å². The van der Waals surface area contributed by atoms with Crippen molar-refractivity contribution >= 4 is 66.1 Å². The number of alkyl halides is 1. The highest BCUT2D eigenvalue weighted by molar-refractivity contribution is 14.1. The van der Waals surface area contributed by atoms with Crippen molar-refractivity contribution in [2.45, 2.75) is 5.33 Å². The quantitative estimate of drug-likeness (QED) is 0.361. The van der Waals surface area contributed by atoms with Crippen LogP contribution in [0.1, 0.15) is 5.56 Å². The molecule has 0 aromatic heterocycles. The Morgan fingerprint density at radius 2 is 2.09 bits per heavy atom. The third kappa shape index (κ3) is 2.57. The third-order valence-corrected chi connectivity index (χ3v) is 3.90. The first-order chi connectivity index (χ1) is 5.15. The zero-order valence-corrected chi connectivity index (χ0v) is 11.5. The summed E-state index contributed by atoms with van der Waals surface area (Å²) >= 11 is 15.0. The molecule has 0 heterocycles. The van der Waals surface area contributed by atoms with Gasteiger partial charge in [0.1, 0.15) is 0 Å². The van der Waals surface area contributed by atoms with E-state index in [-0.39, 0.29) is 0 Å². The van der Waals surface area contributed by atoms with Gasteiger partial charge in [-0.05, 0) is 56.2 Å². The average Bonchev–Trinajstić information content (AvgIpc) is 1.96. The molecule has 0 spiro atoms. The molecule has 0 saturated carbocycles. The SMILES string of the molecule is Clc1cc(I)cc(CBr)c1Br. The zero-order chi connectivity index (χ0) is 8.43. The molecule has 0 N–H and O–H groups in total. The van der Waals surface area contributed by atoms with E-state index in [1.807, 2.05) is 6.07 Å². The topological polar surface area (TPSA) is 0 Å². The Kier molecular flexibility index (Phi) is 4.15. The fraction of sp³-hybridized carbons (Fsp3) is 0.143. The van der Waals surface area contributed by atoms with Gasteiger partial charge in [0, 0.05) is 13.4 Å². The van der Waals surface area contributed by atoms with Gasteiger partial charge in [-0.2, -0.15) is 0 Å². The first kappa shape index (κ1) is 10.3. The number of hydrogen-bond donors (Lipinski definition) is 0. The largest absolute Gasteiger partial charge is 0.0876 e. The molecule has 0 radical (unpaired) electrons. The lowest BCUT2D eigenvalue weighted by Crippen LogP contribution is -1.83. The molecule has 0 fully saturated rings. The Hall–Kier alpha value is 1.20. The molecule has 11 heavy (non-hydrogen) atoms. The number of rotatable bonds is 1. The standard InChI is InChI=1S/C7H4Br2ClI/c8-3-4-1-5(11)2-6(10)7(4)9/h1-2H,3H2. The highest BCUT2D eigenvalue weighted by Gasteiger charge is 2.03. The second-order valence-electron chi connectivity index (χ2n) is 1.99. The lowest BCUT2D eigenvalue weighted by atomic mass is 10.2. The Bertz CT molecular complexity index is 275. The van der Waals surface area contributed by atoms with E-state index < -0.39 is 0 Å². The molecule has 1 rings (SSSR count). The molecular formula is C7H4Br2ClI. The van der Waals surface area contributed by atoms with E-state index in [9.17, 15) is 0 Å².